The second-order valence-electron chi connectivity index (χ2n) is 3.95. The van der Waals surface area contributed by atoms with Gasteiger partial charge in [-0.2, -0.15) is 0 Å². The summed E-state index contributed by atoms with van der Waals surface area (Å²) in [5.41, 5.74) is 0. The first-order valence-electron chi connectivity index (χ1n) is 3.57. The van der Waals surface area contributed by atoms with E-state index in [-0.39, 0.29) is 0 Å². The minimum atomic E-state index is -0.885. The molecular formula is C5H15I3Si3. The van der Waals surface area contributed by atoms with Gasteiger partial charge in [-0.3, -0.25) is 0 Å². The van der Waals surface area contributed by atoms with Gasteiger partial charge in [0.25, 0.3) is 0 Å². The lowest BCUT2D eigenvalue weighted by Crippen LogP contribution is -2.62. The van der Waals surface area contributed by atoms with Gasteiger partial charge in [0.05, 0.1) is 0 Å². The van der Waals surface area contributed by atoms with Crippen LogP contribution < -0.4 is 0 Å². The molecule has 68 valence electrons. The Morgan fingerprint density at radius 1 is 0.636 bits per heavy atom. The predicted octanol–water partition coefficient (Wildman–Crippen LogP) is 4.43. The molecule has 0 fully saturated rings. The van der Waals surface area contributed by atoms with Crippen molar-refractivity contribution < 1.29 is 0 Å². The monoisotopic (exact) mass is 540 g/mol. The summed E-state index contributed by atoms with van der Waals surface area (Å²) < 4.78 is -0.885. The summed E-state index contributed by atoms with van der Waals surface area (Å²) in [5, 5.41) is -1.74. The van der Waals surface area contributed by atoms with Crippen molar-refractivity contribution in [1.29, 1.82) is 0 Å². The average Bonchev–Trinajstić information content (AvgIpc) is 1.58. The molecule has 0 unspecified atom stereocenters. The molecule has 0 aromatic heterocycles. The Bertz CT molecular complexity index is 128. The topological polar surface area (TPSA) is 0 Å². The van der Waals surface area contributed by atoms with E-state index in [1.165, 1.54) is 0 Å². The SMILES string of the molecule is C[Si](C)(I)[Si](C)(I)[Si](C)(C)I. The van der Waals surface area contributed by atoms with Crippen LogP contribution >= 0.6 is 65.4 Å². The number of hydrogen-bond donors (Lipinski definition) is 0. The molecule has 0 heterocycles. The van der Waals surface area contributed by atoms with Crippen molar-refractivity contribution in [3.8, 4) is 0 Å². The number of halogens is 3. The highest BCUT2D eigenvalue weighted by molar-refractivity contribution is 14.2. The highest BCUT2D eigenvalue weighted by Gasteiger charge is 2.52. The Hall–Kier alpha value is 2.84. The Kier molecular flexibility index (Phi) is 5.22. The van der Waals surface area contributed by atoms with Gasteiger partial charge in [0, 0.05) is 0 Å². The van der Waals surface area contributed by atoms with Crippen molar-refractivity contribution in [3.05, 3.63) is 0 Å². The van der Waals surface area contributed by atoms with Crippen LogP contribution in [-0.2, 0) is 0 Å². The molecule has 0 N–H and O–H groups in total. The molecule has 0 spiro atoms. The van der Waals surface area contributed by atoms with Crippen molar-refractivity contribution in [3.63, 3.8) is 0 Å². The smallest absolute Gasteiger partial charge is 0.124 e. The van der Waals surface area contributed by atoms with Gasteiger partial charge in [-0.1, -0.05) is 32.7 Å². The van der Waals surface area contributed by atoms with Crippen molar-refractivity contribution in [2.75, 3.05) is 0 Å². The zero-order chi connectivity index (χ0) is 9.50. The summed E-state index contributed by atoms with van der Waals surface area (Å²) in [6, 6.07) is 0. The third kappa shape index (κ3) is 3.47. The third-order valence-corrected chi connectivity index (χ3v) is 103. The van der Waals surface area contributed by atoms with Crippen LogP contribution in [0.4, 0.5) is 0 Å². The van der Waals surface area contributed by atoms with E-state index in [2.05, 4.69) is 98.1 Å². The van der Waals surface area contributed by atoms with E-state index >= 15 is 0 Å². The summed E-state index contributed by atoms with van der Waals surface area (Å²) in [4.78, 5) is 0. The first kappa shape index (κ1) is 13.8. The molecule has 0 nitrogen and oxygen atoms in total. The van der Waals surface area contributed by atoms with Gasteiger partial charge in [-0.15, -0.1) is 65.4 Å². The van der Waals surface area contributed by atoms with E-state index in [9.17, 15) is 0 Å². The molecule has 0 bridgehead atoms. The van der Waals surface area contributed by atoms with E-state index in [4.69, 9.17) is 0 Å². The van der Waals surface area contributed by atoms with Crippen molar-refractivity contribution in [1.82, 2.24) is 0 Å². The van der Waals surface area contributed by atoms with Gasteiger partial charge < -0.3 is 0 Å². The highest BCUT2D eigenvalue weighted by atomic mass is 127. The lowest BCUT2D eigenvalue weighted by Gasteiger charge is -2.39. The van der Waals surface area contributed by atoms with E-state index in [1.807, 2.05) is 0 Å². The Morgan fingerprint density at radius 3 is 0.818 bits per heavy atom. The minimum absolute atomic E-state index is 0.870. The van der Waals surface area contributed by atoms with Crippen LogP contribution in [0.2, 0.25) is 32.7 Å². The molecule has 0 aromatic carbocycles. The summed E-state index contributed by atoms with van der Waals surface area (Å²) in [5.74, 6) is 0. The van der Waals surface area contributed by atoms with Crippen LogP contribution in [0, 0.1) is 0 Å². The quantitative estimate of drug-likeness (QED) is 0.277. The summed E-state index contributed by atoms with van der Waals surface area (Å²) in [6.07, 6.45) is 0. The Balaban J connectivity index is 4.75. The van der Waals surface area contributed by atoms with E-state index in [0.717, 1.165) is 0 Å². The predicted molar refractivity (Wildman–Crippen MR) is 88.6 cm³/mol. The second-order valence-corrected chi connectivity index (χ2v) is 61.7. The maximum Gasteiger partial charge on any atom is 0.130 e. The maximum atomic E-state index is 2.84. The summed E-state index contributed by atoms with van der Waals surface area (Å²) in [7, 11) is 0. The molecule has 0 aliphatic heterocycles. The third-order valence-electron chi connectivity index (χ3n) is 2.23. The molecule has 0 saturated heterocycles. The first-order valence-corrected chi connectivity index (χ1v) is 23.4. The standard InChI is InChI=1S/C5H15I3Si3/c1-9(2,6)11(5,8)10(3,4)7/h1-5H3. The molecule has 0 amide bonds. The summed E-state index contributed by atoms with van der Waals surface area (Å²) >= 11 is 8.37. The number of rotatable bonds is 2. The van der Waals surface area contributed by atoms with Crippen LogP contribution in [0.3, 0.4) is 0 Å². The normalized spacial score (nSPS) is 15.3. The van der Waals surface area contributed by atoms with E-state index in [0.29, 0.717) is 0 Å². The lowest BCUT2D eigenvalue weighted by molar-refractivity contribution is 1.98. The van der Waals surface area contributed by atoms with Gasteiger partial charge in [0.15, 0.2) is 0 Å². The first-order chi connectivity index (χ1) is 4.50. The molecule has 0 rings (SSSR count). The molecule has 0 radical (unpaired) electrons. The second kappa shape index (κ2) is 4.14. The van der Waals surface area contributed by atoms with Gasteiger partial charge in [-0.25, -0.2) is 0 Å². The van der Waals surface area contributed by atoms with Crippen LogP contribution in [0.5, 0.6) is 0 Å². The van der Waals surface area contributed by atoms with E-state index in [1.54, 1.807) is 0 Å². The van der Waals surface area contributed by atoms with Gasteiger partial charge in [0.1, 0.15) is 14.8 Å². The lowest BCUT2D eigenvalue weighted by atomic mass is 11.9. The average molecular weight is 540 g/mol. The highest BCUT2D eigenvalue weighted by Crippen LogP contribution is 2.41. The summed E-state index contributed by atoms with van der Waals surface area (Å²) in [6.45, 7) is 12.7. The molecular weight excluding hydrogens is 525 g/mol. The zero-order valence-electron chi connectivity index (χ0n) is 7.63. The van der Waals surface area contributed by atoms with Crippen molar-refractivity contribution in [2.45, 2.75) is 32.7 Å². The fourth-order valence-corrected chi connectivity index (χ4v) is 69.4. The van der Waals surface area contributed by atoms with Crippen LogP contribution in [0.25, 0.3) is 0 Å². The Morgan fingerprint density at radius 2 is 0.818 bits per heavy atom. The fourth-order valence-electron chi connectivity index (χ4n) is 0.707. The van der Waals surface area contributed by atoms with Crippen molar-refractivity contribution >= 4 is 80.2 Å². The largest absolute Gasteiger partial charge is 0.130 e. The minimum Gasteiger partial charge on any atom is -0.124 e. The Labute approximate surface area is 111 Å². The molecule has 0 atom stereocenters. The van der Waals surface area contributed by atoms with Gasteiger partial charge in [-0.05, 0) is 0 Å². The maximum absolute atomic E-state index is 2.84. The number of hydrogen-bond acceptors (Lipinski definition) is 0. The van der Waals surface area contributed by atoms with Gasteiger partial charge in [0.2, 0.25) is 0 Å². The van der Waals surface area contributed by atoms with Gasteiger partial charge >= 0.3 is 0 Å². The van der Waals surface area contributed by atoms with Crippen molar-refractivity contribution in [2.24, 2.45) is 0 Å². The van der Waals surface area contributed by atoms with E-state index < -0.39 is 14.8 Å². The molecule has 0 aliphatic rings. The molecule has 11 heavy (non-hydrogen) atoms. The molecule has 6 heteroatoms. The molecule has 0 saturated carbocycles. The van der Waals surface area contributed by atoms with Crippen LogP contribution in [0.1, 0.15) is 0 Å². The van der Waals surface area contributed by atoms with Crippen LogP contribution in [-0.4, -0.2) is 14.8 Å². The molecule has 0 aromatic rings. The van der Waals surface area contributed by atoms with Crippen LogP contribution in [0.15, 0.2) is 0 Å². The zero-order valence-corrected chi connectivity index (χ0v) is 17.1. The molecule has 0 aliphatic carbocycles. The fraction of sp³-hybridized carbons (Fsp3) is 1.00.